The molecule has 26 heavy (non-hydrogen) atoms. The Bertz CT molecular complexity index is 845. The number of para-hydroxylation sites is 2. The van der Waals surface area contributed by atoms with Crippen molar-refractivity contribution in [2.75, 3.05) is 19.0 Å². The van der Waals surface area contributed by atoms with Crippen LogP contribution in [0.1, 0.15) is 22.0 Å². The van der Waals surface area contributed by atoms with Crippen LogP contribution in [0.2, 0.25) is 0 Å². The maximum atomic E-state index is 12.6. The van der Waals surface area contributed by atoms with Crippen molar-refractivity contribution in [1.29, 1.82) is 0 Å². The van der Waals surface area contributed by atoms with Crippen molar-refractivity contribution in [2.45, 2.75) is 13.0 Å². The number of ether oxygens (including phenoxy) is 1. The van der Waals surface area contributed by atoms with Crippen molar-refractivity contribution < 1.29 is 9.53 Å². The highest BCUT2D eigenvalue weighted by Crippen LogP contribution is 2.26. The molecule has 134 valence electrons. The molecule has 1 atom stereocenters. The second-order valence-electron chi connectivity index (χ2n) is 5.98. The van der Waals surface area contributed by atoms with Gasteiger partial charge in [0.25, 0.3) is 0 Å². The van der Waals surface area contributed by atoms with Gasteiger partial charge in [0.05, 0.1) is 25.4 Å². The van der Waals surface area contributed by atoms with Gasteiger partial charge in [-0.1, -0.05) is 48.0 Å². The fourth-order valence-electron chi connectivity index (χ4n) is 2.71. The van der Waals surface area contributed by atoms with Crippen LogP contribution < -0.4 is 15.4 Å². The molecule has 0 aliphatic rings. The van der Waals surface area contributed by atoms with E-state index < -0.39 is 0 Å². The highest BCUT2D eigenvalue weighted by Gasteiger charge is 2.18. The first-order valence-electron chi connectivity index (χ1n) is 8.43. The molecular formula is C21H22N2O2S. The number of thiophene rings is 1. The third-order valence-corrected chi connectivity index (χ3v) is 5.03. The van der Waals surface area contributed by atoms with E-state index in [1.807, 2.05) is 41.8 Å². The molecule has 1 heterocycles. The second kappa shape index (κ2) is 8.54. The van der Waals surface area contributed by atoms with E-state index in [1.54, 1.807) is 18.4 Å². The fraction of sp³-hybridized carbons (Fsp3) is 0.190. The molecule has 0 spiro atoms. The molecule has 5 heteroatoms. The smallest absolute Gasteiger partial charge is 0.240 e. The Hall–Kier alpha value is -2.79. The van der Waals surface area contributed by atoms with E-state index in [9.17, 15) is 4.79 Å². The Morgan fingerprint density at radius 2 is 1.85 bits per heavy atom. The molecule has 2 aromatic carbocycles. The predicted octanol–water partition coefficient (Wildman–Crippen LogP) is 4.38. The second-order valence-corrected chi connectivity index (χ2v) is 6.96. The molecule has 0 saturated carbocycles. The Morgan fingerprint density at radius 1 is 1.08 bits per heavy atom. The lowest BCUT2D eigenvalue weighted by atomic mass is 10.0. The van der Waals surface area contributed by atoms with E-state index >= 15 is 0 Å². The van der Waals surface area contributed by atoms with Gasteiger partial charge in [-0.15, -0.1) is 11.3 Å². The number of methoxy groups -OCH3 is 1. The van der Waals surface area contributed by atoms with Crippen LogP contribution in [0, 0.1) is 6.92 Å². The Balaban J connectivity index is 1.70. The first-order chi connectivity index (χ1) is 12.7. The molecule has 0 aliphatic carbocycles. The third kappa shape index (κ3) is 4.43. The molecule has 3 aromatic rings. The summed E-state index contributed by atoms with van der Waals surface area (Å²) in [7, 11) is 1.62. The molecule has 1 aromatic heterocycles. The van der Waals surface area contributed by atoms with Crippen LogP contribution in [0.5, 0.6) is 5.75 Å². The number of amides is 1. The number of aryl methyl sites for hydroxylation is 1. The number of nitrogens with one attached hydrogen (secondary N) is 2. The number of anilines is 1. The molecule has 2 N–H and O–H groups in total. The summed E-state index contributed by atoms with van der Waals surface area (Å²) in [6, 6.07) is 19.7. The number of benzene rings is 2. The molecule has 0 fully saturated rings. The van der Waals surface area contributed by atoms with E-state index in [4.69, 9.17) is 4.74 Å². The summed E-state index contributed by atoms with van der Waals surface area (Å²) < 4.78 is 5.31. The summed E-state index contributed by atoms with van der Waals surface area (Å²) >= 11 is 1.64. The lowest BCUT2D eigenvalue weighted by Gasteiger charge is -2.19. The minimum absolute atomic E-state index is 0.0742. The van der Waals surface area contributed by atoms with E-state index in [1.165, 1.54) is 5.56 Å². The van der Waals surface area contributed by atoms with Crippen molar-refractivity contribution in [3.8, 4) is 5.75 Å². The number of hydrogen-bond donors (Lipinski definition) is 2. The SMILES string of the molecule is COc1ccccc1NCC(=O)NC(c1ccc(C)cc1)c1cccs1. The van der Waals surface area contributed by atoms with Gasteiger partial charge in [-0.25, -0.2) is 0 Å². The van der Waals surface area contributed by atoms with E-state index in [0.29, 0.717) is 5.75 Å². The largest absolute Gasteiger partial charge is 0.495 e. The van der Waals surface area contributed by atoms with E-state index in [0.717, 1.165) is 16.1 Å². The zero-order chi connectivity index (χ0) is 18.4. The molecule has 0 radical (unpaired) electrons. The Kier molecular flexibility index (Phi) is 5.92. The van der Waals surface area contributed by atoms with Gasteiger partial charge < -0.3 is 15.4 Å². The summed E-state index contributed by atoms with van der Waals surface area (Å²) in [5, 5.41) is 8.30. The molecule has 0 aliphatic heterocycles. The fourth-order valence-corrected chi connectivity index (χ4v) is 3.51. The van der Waals surface area contributed by atoms with Crippen molar-refractivity contribution in [3.05, 3.63) is 82.0 Å². The Morgan fingerprint density at radius 3 is 2.54 bits per heavy atom. The van der Waals surface area contributed by atoms with Crippen LogP contribution in [-0.4, -0.2) is 19.6 Å². The predicted molar refractivity (Wildman–Crippen MR) is 107 cm³/mol. The molecule has 1 unspecified atom stereocenters. The maximum Gasteiger partial charge on any atom is 0.240 e. The molecular weight excluding hydrogens is 344 g/mol. The highest BCUT2D eigenvalue weighted by molar-refractivity contribution is 7.10. The van der Waals surface area contributed by atoms with Gasteiger partial charge in [-0.05, 0) is 36.1 Å². The van der Waals surface area contributed by atoms with E-state index in [2.05, 4.69) is 41.8 Å². The zero-order valence-corrected chi connectivity index (χ0v) is 15.7. The molecule has 0 bridgehead atoms. The average Bonchev–Trinajstić information content (AvgIpc) is 3.20. The van der Waals surface area contributed by atoms with Gasteiger partial charge in [-0.3, -0.25) is 4.79 Å². The minimum atomic E-state index is -0.150. The maximum absolute atomic E-state index is 12.6. The molecule has 3 rings (SSSR count). The first-order valence-corrected chi connectivity index (χ1v) is 9.31. The minimum Gasteiger partial charge on any atom is -0.495 e. The number of rotatable bonds is 7. The molecule has 0 saturated heterocycles. The average molecular weight is 366 g/mol. The van der Waals surface area contributed by atoms with Crippen molar-refractivity contribution >= 4 is 22.9 Å². The summed E-state index contributed by atoms with van der Waals surface area (Å²) in [5.74, 6) is 0.642. The Labute approximate surface area is 157 Å². The van der Waals surface area contributed by atoms with Crippen LogP contribution >= 0.6 is 11.3 Å². The van der Waals surface area contributed by atoms with Crippen LogP contribution in [0.15, 0.2) is 66.0 Å². The summed E-state index contributed by atoms with van der Waals surface area (Å²) in [5.41, 5.74) is 3.07. The van der Waals surface area contributed by atoms with Crippen LogP contribution in [0.4, 0.5) is 5.69 Å². The number of carbonyl (C=O) groups is 1. The van der Waals surface area contributed by atoms with Crippen molar-refractivity contribution in [1.82, 2.24) is 5.32 Å². The molecule has 1 amide bonds. The number of carbonyl (C=O) groups excluding carboxylic acids is 1. The normalized spacial score (nSPS) is 11.6. The first kappa shape index (κ1) is 18.0. The van der Waals surface area contributed by atoms with Gasteiger partial charge in [0.15, 0.2) is 0 Å². The number of hydrogen-bond acceptors (Lipinski definition) is 4. The van der Waals surface area contributed by atoms with Gasteiger partial charge >= 0.3 is 0 Å². The third-order valence-electron chi connectivity index (χ3n) is 4.09. The van der Waals surface area contributed by atoms with Gasteiger partial charge in [-0.2, -0.15) is 0 Å². The monoisotopic (exact) mass is 366 g/mol. The molecule has 4 nitrogen and oxygen atoms in total. The van der Waals surface area contributed by atoms with Gasteiger partial charge in [0, 0.05) is 4.88 Å². The standard InChI is InChI=1S/C21H22N2O2S/c1-15-9-11-16(12-10-15)21(19-8-5-13-26-19)23-20(24)14-22-17-6-3-4-7-18(17)25-2/h3-13,21-22H,14H2,1-2H3,(H,23,24). The summed E-state index contributed by atoms with van der Waals surface area (Å²) in [6.07, 6.45) is 0. The van der Waals surface area contributed by atoms with Crippen molar-refractivity contribution in [2.24, 2.45) is 0 Å². The summed E-state index contributed by atoms with van der Waals surface area (Å²) in [4.78, 5) is 13.7. The van der Waals surface area contributed by atoms with Crippen LogP contribution in [-0.2, 0) is 4.79 Å². The lowest BCUT2D eigenvalue weighted by molar-refractivity contribution is -0.119. The van der Waals surface area contributed by atoms with E-state index in [-0.39, 0.29) is 18.5 Å². The lowest BCUT2D eigenvalue weighted by Crippen LogP contribution is -2.33. The van der Waals surface area contributed by atoms with Crippen LogP contribution in [0.3, 0.4) is 0 Å². The van der Waals surface area contributed by atoms with Gasteiger partial charge in [0.2, 0.25) is 5.91 Å². The van der Waals surface area contributed by atoms with Crippen molar-refractivity contribution in [3.63, 3.8) is 0 Å². The van der Waals surface area contributed by atoms with Gasteiger partial charge in [0.1, 0.15) is 5.75 Å². The quantitative estimate of drug-likeness (QED) is 0.652. The zero-order valence-electron chi connectivity index (χ0n) is 14.9. The summed E-state index contributed by atoms with van der Waals surface area (Å²) in [6.45, 7) is 2.23. The van der Waals surface area contributed by atoms with Crippen LogP contribution in [0.25, 0.3) is 0 Å². The topological polar surface area (TPSA) is 50.4 Å². The highest BCUT2D eigenvalue weighted by atomic mass is 32.1.